The molecule has 0 aliphatic heterocycles. The molecule has 6 nitrogen and oxygen atoms in total. The van der Waals surface area contributed by atoms with Gasteiger partial charge in [0.2, 0.25) is 0 Å². The Labute approximate surface area is 232 Å². The van der Waals surface area contributed by atoms with Crippen molar-refractivity contribution in [3.8, 4) is 0 Å². The predicted octanol–water partition coefficient (Wildman–Crippen LogP) is 6.49. The zero-order valence-electron chi connectivity index (χ0n) is 21.7. The summed E-state index contributed by atoms with van der Waals surface area (Å²) in [5, 5.41) is 20.4. The Morgan fingerprint density at radius 1 is 0.600 bits per heavy atom. The van der Waals surface area contributed by atoms with Crippen molar-refractivity contribution < 1.29 is 0 Å². The fraction of sp³-hybridized carbons (Fsp3) is 0.0588. The SMILES string of the molecule is [C+]1=CC(c2cn(Cc3ccccc3)nn2)=C(c2cccc3ccccc23)C(c2cn(Cc3ccccc3)nn2)=C1. The van der Waals surface area contributed by atoms with Gasteiger partial charge in [0, 0.05) is 11.6 Å². The minimum atomic E-state index is 0.647. The molecule has 1 aliphatic carbocycles. The number of allylic oxidation sites excluding steroid dienone is 6. The molecule has 1 aliphatic rings. The second-order valence-electron chi connectivity index (χ2n) is 9.76. The quantitative estimate of drug-likeness (QED) is 0.227. The first-order chi connectivity index (χ1) is 19.8. The summed E-state index contributed by atoms with van der Waals surface area (Å²) in [5.74, 6) is 0. The van der Waals surface area contributed by atoms with Crippen molar-refractivity contribution in [3.63, 3.8) is 0 Å². The molecule has 0 atom stereocenters. The normalized spacial score (nSPS) is 12.9. The van der Waals surface area contributed by atoms with E-state index in [-0.39, 0.29) is 0 Å². The number of rotatable bonds is 7. The molecule has 4 aromatic carbocycles. The number of hydrogen-bond donors (Lipinski definition) is 0. The maximum absolute atomic E-state index is 4.60. The molecule has 0 radical (unpaired) electrons. The number of aromatic nitrogens is 6. The van der Waals surface area contributed by atoms with Gasteiger partial charge in [0.05, 0.1) is 25.5 Å². The standard InChI is InChI=1S/C34H25N6/c1-3-11-25(12-4-1)21-39-23-32(35-37-39)30-19-10-20-31(33-24-40(38-36-33)22-26-13-5-2-6-14-26)34(30)29-18-9-16-27-15-7-8-17-28(27)29/h1-9,11-20,23-24H,21-22H2/q+1. The molecular weight excluding hydrogens is 492 g/mol. The second-order valence-corrected chi connectivity index (χ2v) is 9.76. The number of nitrogens with zero attached hydrogens (tertiary/aromatic N) is 6. The van der Waals surface area contributed by atoms with Crippen LogP contribution in [0.25, 0.3) is 27.5 Å². The Morgan fingerprint density at radius 2 is 1.20 bits per heavy atom. The van der Waals surface area contributed by atoms with Gasteiger partial charge in [-0.05, 0) is 21.9 Å². The van der Waals surface area contributed by atoms with Crippen LogP contribution in [0.3, 0.4) is 0 Å². The first-order valence-electron chi connectivity index (χ1n) is 13.2. The number of benzene rings is 4. The van der Waals surface area contributed by atoms with Crippen molar-refractivity contribution in [2.75, 3.05) is 0 Å². The molecule has 0 saturated heterocycles. The molecule has 6 heteroatoms. The summed E-state index contributed by atoms with van der Waals surface area (Å²) in [4.78, 5) is 0. The van der Waals surface area contributed by atoms with Crippen LogP contribution in [0.15, 0.2) is 128 Å². The first-order valence-corrected chi connectivity index (χ1v) is 13.2. The van der Waals surface area contributed by atoms with E-state index in [1.165, 1.54) is 16.5 Å². The lowest BCUT2D eigenvalue weighted by molar-refractivity contribution is 0.649. The Balaban J connectivity index is 1.34. The minimum absolute atomic E-state index is 0.647. The Kier molecular flexibility index (Phi) is 6.13. The van der Waals surface area contributed by atoms with E-state index in [2.05, 4.69) is 93.4 Å². The van der Waals surface area contributed by atoms with Crippen LogP contribution >= 0.6 is 0 Å². The van der Waals surface area contributed by atoms with Gasteiger partial charge in [0.25, 0.3) is 0 Å². The van der Waals surface area contributed by atoms with Gasteiger partial charge in [-0.3, -0.25) is 0 Å². The summed E-state index contributed by atoms with van der Waals surface area (Å²) >= 11 is 0. The second kappa shape index (κ2) is 10.4. The van der Waals surface area contributed by atoms with Crippen LogP contribution in [-0.2, 0) is 13.1 Å². The van der Waals surface area contributed by atoms with Crippen molar-refractivity contribution in [1.82, 2.24) is 30.0 Å². The van der Waals surface area contributed by atoms with Crippen molar-refractivity contribution in [1.29, 1.82) is 0 Å². The highest BCUT2D eigenvalue weighted by atomic mass is 15.4. The molecule has 7 rings (SSSR count). The van der Waals surface area contributed by atoms with E-state index in [1.54, 1.807) is 0 Å². The van der Waals surface area contributed by atoms with Gasteiger partial charge in [-0.15, -0.1) is 10.2 Å². The topological polar surface area (TPSA) is 61.4 Å². The van der Waals surface area contributed by atoms with E-state index in [0.717, 1.165) is 39.1 Å². The molecule has 2 heterocycles. The monoisotopic (exact) mass is 517 g/mol. The third-order valence-corrected chi connectivity index (χ3v) is 7.06. The molecule has 0 saturated carbocycles. The van der Waals surface area contributed by atoms with Crippen LogP contribution in [0, 0.1) is 6.08 Å². The molecule has 2 aromatic heterocycles. The molecule has 0 fully saturated rings. The van der Waals surface area contributed by atoms with E-state index < -0.39 is 0 Å². The highest BCUT2D eigenvalue weighted by Gasteiger charge is 2.31. The van der Waals surface area contributed by atoms with E-state index >= 15 is 0 Å². The molecule has 0 unspecified atom stereocenters. The molecule has 6 aromatic rings. The summed E-state index contributed by atoms with van der Waals surface area (Å²) in [6, 6.07) is 35.4. The minimum Gasteiger partial charge on any atom is -0.246 e. The maximum atomic E-state index is 4.60. The lowest BCUT2D eigenvalue weighted by atomic mass is 9.85. The van der Waals surface area contributed by atoms with Gasteiger partial charge < -0.3 is 0 Å². The first kappa shape index (κ1) is 23.7. The molecule has 0 N–H and O–H groups in total. The third kappa shape index (κ3) is 4.64. The summed E-state index contributed by atoms with van der Waals surface area (Å²) < 4.78 is 3.75. The van der Waals surface area contributed by atoms with Crippen LogP contribution < -0.4 is 0 Å². The predicted molar refractivity (Wildman–Crippen MR) is 158 cm³/mol. The van der Waals surface area contributed by atoms with Gasteiger partial charge in [-0.25, -0.2) is 9.36 Å². The molecule has 0 amide bonds. The lowest BCUT2D eigenvalue weighted by Crippen LogP contribution is -2.01. The Hall–Kier alpha value is -5.45. The summed E-state index contributed by atoms with van der Waals surface area (Å²) in [7, 11) is 0. The van der Waals surface area contributed by atoms with E-state index in [0.29, 0.717) is 13.1 Å². The molecule has 40 heavy (non-hydrogen) atoms. The van der Waals surface area contributed by atoms with Crippen LogP contribution in [0.2, 0.25) is 0 Å². The van der Waals surface area contributed by atoms with Crippen molar-refractivity contribution in [2.45, 2.75) is 13.1 Å². The third-order valence-electron chi connectivity index (χ3n) is 7.06. The number of fused-ring (bicyclic) bond motifs is 1. The Morgan fingerprint density at radius 3 is 1.93 bits per heavy atom. The molecule has 0 spiro atoms. The van der Waals surface area contributed by atoms with Gasteiger partial charge in [0.15, 0.2) is 11.4 Å². The fourth-order valence-corrected chi connectivity index (χ4v) is 5.17. The highest BCUT2D eigenvalue weighted by molar-refractivity contribution is 6.20. The van der Waals surface area contributed by atoms with Gasteiger partial charge >= 0.3 is 0 Å². The van der Waals surface area contributed by atoms with Crippen LogP contribution in [0.5, 0.6) is 0 Å². The van der Waals surface area contributed by atoms with Gasteiger partial charge in [-0.1, -0.05) is 114 Å². The summed E-state index contributed by atoms with van der Waals surface area (Å²) in [6.07, 6.45) is 11.3. The van der Waals surface area contributed by atoms with Gasteiger partial charge in [-0.2, -0.15) is 0 Å². The fourth-order valence-electron chi connectivity index (χ4n) is 5.17. The largest absolute Gasteiger partial charge is 0.246 e. The van der Waals surface area contributed by atoms with E-state index in [9.17, 15) is 0 Å². The average Bonchev–Trinajstić information content (AvgIpc) is 3.67. The maximum Gasteiger partial charge on any atom is 0.170 e. The zero-order valence-corrected chi connectivity index (χ0v) is 21.7. The zero-order chi connectivity index (χ0) is 26.7. The van der Waals surface area contributed by atoms with Crippen LogP contribution in [0.1, 0.15) is 28.1 Å². The molecule has 190 valence electrons. The summed E-state index contributed by atoms with van der Waals surface area (Å²) in [5.41, 5.74) is 7.95. The smallest absolute Gasteiger partial charge is 0.170 e. The van der Waals surface area contributed by atoms with Crippen LogP contribution in [-0.4, -0.2) is 30.0 Å². The average molecular weight is 518 g/mol. The molecular formula is C34H25N6+. The Bertz CT molecular complexity index is 1890. The molecule has 0 bridgehead atoms. The van der Waals surface area contributed by atoms with Gasteiger partial charge in [0.1, 0.15) is 28.9 Å². The van der Waals surface area contributed by atoms with E-state index in [1.807, 2.05) is 70.3 Å². The van der Waals surface area contributed by atoms with Crippen molar-refractivity contribution in [2.24, 2.45) is 0 Å². The van der Waals surface area contributed by atoms with E-state index in [4.69, 9.17) is 0 Å². The summed E-state index contributed by atoms with van der Waals surface area (Å²) in [6.45, 7) is 1.29. The highest BCUT2D eigenvalue weighted by Crippen LogP contribution is 2.41. The number of hydrogen-bond acceptors (Lipinski definition) is 4. The van der Waals surface area contributed by atoms with Crippen molar-refractivity contribution in [3.05, 3.63) is 162 Å². The van der Waals surface area contributed by atoms with Crippen LogP contribution in [0.4, 0.5) is 0 Å². The lowest BCUT2D eigenvalue weighted by Gasteiger charge is -2.12. The van der Waals surface area contributed by atoms with Crippen molar-refractivity contribution >= 4 is 27.5 Å².